The van der Waals surface area contributed by atoms with Crippen LogP contribution in [0, 0.1) is 13.8 Å². The third-order valence-corrected chi connectivity index (χ3v) is 8.53. The van der Waals surface area contributed by atoms with E-state index in [1.165, 1.54) is 50.1 Å². The molecule has 0 atom stereocenters. The van der Waals surface area contributed by atoms with Gasteiger partial charge in [0.2, 0.25) is 0 Å². The van der Waals surface area contributed by atoms with Crippen LogP contribution in [-0.4, -0.2) is 66.6 Å². The van der Waals surface area contributed by atoms with Crippen molar-refractivity contribution in [3.8, 4) is 5.75 Å². The molecule has 206 valence electrons. The van der Waals surface area contributed by atoms with Gasteiger partial charge in [0.05, 0.1) is 18.3 Å². The van der Waals surface area contributed by atoms with Crippen LogP contribution in [0.5, 0.6) is 5.75 Å². The number of nitrogens with zero attached hydrogens (tertiary/aromatic N) is 4. The predicted molar refractivity (Wildman–Crippen MR) is 163 cm³/mol. The van der Waals surface area contributed by atoms with Gasteiger partial charge in [-0.3, -0.25) is 4.90 Å². The highest BCUT2D eigenvalue weighted by Crippen LogP contribution is 2.37. The van der Waals surface area contributed by atoms with E-state index >= 15 is 0 Å². The minimum absolute atomic E-state index is 0. The van der Waals surface area contributed by atoms with Gasteiger partial charge in [-0.1, -0.05) is 36.4 Å². The highest BCUT2D eigenvalue weighted by Gasteiger charge is 2.26. The van der Waals surface area contributed by atoms with Gasteiger partial charge in [0, 0.05) is 63.3 Å². The van der Waals surface area contributed by atoms with Crippen LogP contribution in [0.2, 0.25) is 0 Å². The van der Waals surface area contributed by atoms with Crippen LogP contribution in [0.4, 0.5) is 5.82 Å². The Morgan fingerprint density at radius 2 is 1.72 bits per heavy atom. The number of likely N-dealkylation sites (N-methyl/N-ethyl adjacent to an activating group) is 1. The normalized spacial score (nSPS) is 16.3. The highest BCUT2D eigenvalue weighted by atomic mass is 35.5. The molecule has 0 bridgehead atoms. The third-order valence-electron chi connectivity index (χ3n) is 8.53. The number of anilines is 1. The van der Waals surface area contributed by atoms with Gasteiger partial charge in [0.15, 0.2) is 5.82 Å². The van der Waals surface area contributed by atoms with Gasteiger partial charge in [0.1, 0.15) is 5.75 Å². The summed E-state index contributed by atoms with van der Waals surface area (Å²) in [4.78, 5) is 16.7. The Hall–Kier alpha value is -3.06. The third kappa shape index (κ3) is 5.51. The van der Waals surface area contributed by atoms with Crippen LogP contribution in [0.25, 0.3) is 10.9 Å². The van der Waals surface area contributed by atoms with Gasteiger partial charge in [0.25, 0.3) is 0 Å². The van der Waals surface area contributed by atoms with Crippen molar-refractivity contribution in [3.63, 3.8) is 0 Å². The first-order valence-electron chi connectivity index (χ1n) is 13.9. The van der Waals surface area contributed by atoms with Crippen LogP contribution in [0.15, 0.2) is 48.5 Å². The molecule has 1 N–H and O–H groups in total. The summed E-state index contributed by atoms with van der Waals surface area (Å²) in [6, 6.07) is 17.3. The quantitative estimate of drug-likeness (QED) is 0.346. The van der Waals surface area contributed by atoms with Gasteiger partial charge in [-0.05, 0) is 67.3 Å². The second-order valence-corrected chi connectivity index (χ2v) is 11.0. The number of fused-ring (bicyclic) bond motifs is 2. The van der Waals surface area contributed by atoms with E-state index in [4.69, 9.17) is 9.72 Å². The number of rotatable bonds is 6. The number of nitrogens with one attached hydrogen (secondary N) is 1. The molecule has 0 aliphatic carbocycles. The Kier molecular flexibility index (Phi) is 8.17. The molecule has 2 aliphatic rings. The van der Waals surface area contributed by atoms with Crippen molar-refractivity contribution in [2.45, 2.75) is 39.8 Å². The van der Waals surface area contributed by atoms with E-state index in [2.05, 4.69) is 83.0 Å². The summed E-state index contributed by atoms with van der Waals surface area (Å²) in [5.74, 6) is 2.00. The lowest BCUT2D eigenvalue weighted by Crippen LogP contribution is -2.44. The minimum atomic E-state index is 0. The number of pyridine rings is 1. The molecule has 0 saturated carbocycles. The molecule has 2 aliphatic heterocycles. The Morgan fingerprint density at radius 3 is 2.49 bits per heavy atom. The van der Waals surface area contributed by atoms with Gasteiger partial charge >= 0.3 is 0 Å². The summed E-state index contributed by atoms with van der Waals surface area (Å²) >= 11 is 0. The molecule has 1 saturated heterocycles. The maximum Gasteiger partial charge on any atom is 0.153 e. The molecule has 6 rings (SSSR count). The van der Waals surface area contributed by atoms with Gasteiger partial charge in [-0.25, -0.2) is 4.98 Å². The first-order valence-corrected chi connectivity index (χ1v) is 13.9. The second-order valence-electron chi connectivity index (χ2n) is 11.0. The van der Waals surface area contributed by atoms with Crippen LogP contribution >= 0.6 is 12.4 Å². The lowest BCUT2D eigenvalue weighted by atomic mass is 9.96. The molecule has 39 heavy (non-hydrogen) atoms. The van der Waals surface area contributed by atoms with Crippen molar-refractivity contribution in [2.75, 3.05) is 51.8 Å². The summed E-state index contributed by atoms with van der Waals surface area (Å²) in [6.45, 7) is 11.6. The average Bonchev–Trinajstić information content (AvgIpc) is 3.24. The molecule has 0 unspecified atom stereocenters. The van der Waals surface area contributed by atoms with Crippen LogP contribution in [0.3, 0.4) is 0 Å². The van der Waals surface area contributed by atoms with Crippen molar-refractivity contribution < 1.29 is 4.74 Å². The molecule has 4 aromatic rings. The van der Waals surface area contributed by atoms with E-state index in [9.17, 15) is 0 Å². The van der Waals surface area contributed by atoms with Crippen LogP contribution < -0.4 is 9.64 Å². The van der Waals surface area contributed by atoms with Crippen molar-refractivity contribution in [1.82, 2.24) is 19.8 Å². The fourth-order valence-corrected chi connectivity index (χ4v) is 6.09. The molecule has 4 heterocycles. The maximum atomic E-state index is 5.56. The summed E-state index contributed by atoms with van der Waals surface area (Å²) in [5.41, 5.74) is 10.4. The van der Waals surface area contributed by atoms with Crippen molar-refractivity contribution in [2.24, 2.45) is 0 Å². The molecule has 7 heteroatoms. The standard InChI is InChI=1S/C32H39N5O.ClH/c1-22-23(2)33-31-30(22)28(19-24-8-7-11-27(18-24)38-4)29(21-36-16-14-35(3)15-17-36)34-32(31)37-13-12-25-9-5-6-10-26(25)20-37;/h5-11,18,33H,12-17,19-21H2,1-4H3;1H. The number of ether oxygens (including phenoxy) is 1. The number of hydrogen-bond donors (Lipinski definition) is 1. The fraction of sp³-hybridized carbons (Fsp3) is 0.406. The Labute approximate surface area is 238 Å². The molecule has 2 aromatic heterocycles. The number of aromatic amines is 1. The Balaban J connectivity index is 0.00000308. The minimum Gasteiger partial charge on any atom is -0.497 e. The number of methoxy groups -OCH3 is 1. The summed E-state index contributed by atoms with van der Waals surface area (Å²) in [6.07, 6.45) is 1.89. The lowest BCUT2D eigenvalue weighted by Gasteiger charge is -2.34. The number of aromatic nitrogens is 2. The van der Waals surface area contributed by atoms with E-state index in [0.717, 1.165) is 70.2 Å². The molecular formula is C32H40ClN5O. The molecule has 6 nitrogen and oxygen atoms in total. The second kappa shape index (κ2) is 11.6. The van der Waals surface area contributed by atoms with E-state index < -0.39 is 0 Å². The van der Waals surface area contributed by atoms with Crippen molar-refractivity contribution in [1.29, 1.82) is 0 Å². The molecular weight excluding hydrogens is 506 g/mol. The fourth-order valence-electron chi connectivity index (χ4n) is 6.09. The highest BCUT2D eigenvalue weighted by molar-refractivity contribution is 5.96. The molecule has 2 aromatic carbocycles. The van der Waals surface area contributed by atoms with Gasteiger partial charge in [-0.2, -0.15) is 0 Å². The van der Waals surface area contributed by atoms with Crippen molar-refractivity contribution >= 4 is 29.1 Å². The number of H-pyrrole nitrogens is 1. The lowest BCUT2D eigenvalue weighted by molar-refractivity contribution is 0.146. The van der Waals surface area contributed by atoms with Gasteiger partial charge in [-0.15, -0.1) is 12.4 Å². The van der Waals surface area contributed by atoms with E-state index in [0.29, 0.717) is 0 Å². The summed E-state index contributed by atoms with van der Waals surface area (Å²) in [5, 5.41) is 1.35. The first kappa shape index (κ1) is 27.5. The molecule has 0 amide bonds. The van der Waals surface area contributed by atoms with E-state index in [1.54, 1.807) is 7.11 Å². The SMILES string of the molecule is COc1cccc(Cc2c(CN3CCN(C)CC3)nc(N3CCc4ccccc4C3)c3[nH]c(C)c(C)c23)c1.Cl. The number of piperazine rings is 1. The zero-order valence-electron chi connectivity index (χ0n) is 23.6. The molecule has 0 radical (unpaired) electrons. The maximum absolute atomic E-state index is 5.56. The van der Waals surface area contributed by atoms with E-state index in [1.807, 2.05) is 6.07 Å². The topological polar surface area (TPSA) is 47.6 Å². The summed E-state index contributed by atoms with van der Waals surface area (Å²) < 4.78 is 5.56. The largest absolute Gasteiger partial charge is 0.497 e. The zero-order chi connectivity index (χ0) is 26.2. The Bertz CT molecular complexity index is 1460. The smallest absolute Gasteiger partial charge is 0.153 e. The average molecular weight is 546 g/mol. The molecule has 0 spiro atoms. The first-order chi connectivity index (χ1) is 18.5. The number of hydrogen-bond acceptors (Lipinski definition) is 5. The summed E-state index contributed by atoms with van der Waals surface area (Å²) in [7, 11) is 3.96. The number of aryl methyl sites for hydroxylation is 2. The van der Waals surface area contributed by atoms with Crippen LogP contribution in [0.1, 0.15) is 39.2 Å². The van der Waals surface area contributed by atoms with E-state index in [-0.39, 0.29) is 12.4 Å². The van der Waals surface area contributed by atoms with Gasteiger partial charge < -0.3 is 19.5 Å². The monoisotopic (exact) mass is 545 g/mol. The number of halogens is 1. The molecule has 1 fully saturated rings. The predicted octanol–water partition coefficient (Wildman–Crippen LogP) is 5.51. The van der Waals surface area contributed by atoms with Crippen molar-refractivity contribution in [3.05, 3.63) is 87.7 Å². The van der Waals surface area contributed by atoms with Crippen LogP contribution in [-0.2, 0) is 25.9 Å². The number of benzene rings is 2. The Morgan fingerprint density at radius 1 is 0.949 bits per heavy atom. The zero-order valence-corrected chi connectivity index (χ0v) is 24.4.